The summed E-state index contributed by atoms with van der Waals surface area (Å²) in [6.07, 6.45) is 3.76. The monoisotopic (exact) mass is 362 g/mol. The predicted octanol–water partition coefficient (Wildman–Crippen LogP) is 5.39. The van der Waals surface area contributed by atoms with Crippen LogP contribution in [0.2, 0.25) is 0 Å². The molecule has 5 aromatic rings. The van der Waals surface area contributed by atoms with Crippen molar-refractivity contribution in [2.75, 3.05) is 0 Å². The first-order valence-corrected chi connectivity index (χ1v) is 9.21. The molecule has 0 saturated heterocycles. The van der Waals surface area contributed by atoms with Crippen LogP contribution >= 0.6 is 0 Å². The minimum Gasteiger partial charge on any atom is -0.236 e. The van der Waals surface area contributed by atoms with E-state index in [0.29, 0.717) is 0 Å². The third-order valence-corrected chi connectivity index (χ3v) is 4.69. The SMILES string of the molecule is c1ccc(-c2nn(-c3ccccc3)c(-c3ccccc3)c2-n2cccn2)cc1. The summed E-state index contributed by atoms with van der Waals surface area (Å²) in [5.41, 5.74) is 6.02. The van der Waals surface area contributed by atoms with Crippen molar-refractivity contribution in [2.24, 2.45) is 0 Å². The maximum atomic E-state index is 5.04. The number of hydrogen-bond donors (Lipinski definition) is 0. The smallest absolute Gasteiger partial charge is 0.119 e. The lowest BCUT2D eigenvalue weighted by molar-refractivity contribution is 0.876. The fraction of sp³-hybridized carbons (Fsp3) is 0. The van der Waals surface area contributed by atoms with Crippen LogP contribution < -0.4 is 0 Å². The standard InChI is InChI=1S/C24H18N4/c1-4-11-19(12-5-1)22-24(27-18-10-17-25-27)23(20-13-6-2-7-14-20)28(26-22)21-15-8-3-9-16-21/h1-18H. The Labute approximate surface area is 163 Å². The summed E-state index contributed by atoms with van der Waals surface area (Å²) < 4.78 is 3.91. The number of nitrogens with zero attached hydrogens (tertiary/aromatic N) is 4. The second-order valence-electron chi connectivity index (χ2n) is 6.48. The summed E-state index contributed by atoms with van der Waals surface area (Å²) >= 11 is 0. The summed E-state index contributed by atoms with van der Waals surface area (Å²) in [5.74, 6) is 0. The summed E-state index contributed by atoms with van der Waals surface area (Å²) in [6, 6.07) is 32.7. The van der Waals surface area contributed by atoms with E-state index in [-0.39, 0.29) is 0 Å². The molecular weight excluding hydrogens is 344 g/mol. The molecule has 0 fully saturated rings. The number of benzene rings is 3. The Morgan fingerprint density at radius 3 is 1.82 bits per heavy atom. The molecule has 4 heteroatoms. The van der Waals surface area contributed by atoms with Gasteiger partial charge in [-0.05, 0) is 18.2 Å². The molecule has 0 atom stereocenters. The minimum atomic E-state index is 0.895. The highest BCUT2D eigenvalue weighted by atomic mass is 15.4. The minimum absolute atomic E-state index is 0.895. The summed E-state index contributed by atoms with van der Waals surface area (Å²) in [5, 5.41) is 9.57. The van der Waals surface area contributed by atoms with E-state index in [1.165, 1.54) is 0 Å². The van der Waals surface area contributed by atoms with E-state index in [9.17, 15) is 0 Å². The Balaban J connectivity index is 1.88. The van der Waals surface area contributed by atoms with Gasteiger partial charge in [0.15, 0.2) is 0 Å². The van der Waals surface area contributed by atoms with Crippen LogP contribution in [0.1, 0.15) is 0 Å². The van der Waals surface area contributed by atoms with Crippen molar-refractivity contribution >= 4 is 0 Å². The van der Waals surface area contributed by atoms with Gasteiger partial charge in [-0.3, -0.25) is 0 Å². The van der Waals surface area contributed by atoms with Gasteiger partial charge in [-0.15, -0.1) is 0 Å². The Morgan fingerprint density at radius 2 is 1.21 bits per heavy atom. The first-order chi connectivity index (χ1) is 13.9. The highest BCUT2D eigenvalue weighted by molar-refractivity contribution is 5.82. The average Bonchev–Trinajstić information content (AvgIpc) is 3.43. The number of para-hydroxylation sites is 1. The maximum Gasteiger partial charge on any atom is 0.119 e. The second-order valence-corrected chi connectivity index (χ2v) is 6.48. The lowest BCUT2D eigenvalue weighted by Gasteiger charge is -2.10. The first kappa shape index (κ1) is 16.3. The summed E-state index contributed by atoms with van der Waals surface area (Å²) in [6.45, 7) is 0. The largest absolute Gasteiger partial charge is 0.236 e. The molecule has 0 saturated carbocycles. The molecular formula is C24H18N4. The van der Waals surface area contributed by atoms with E-state index in [1.54, 1.807) is 6.20 Å². The van der Waals surface area contributed by atoms with E-state index in [2.05, 4.69) is 41.5 Å². The van der Waals surface area contributed by atoms with E-state index in [1.807, 2.05) is 76.2 Å². The van der Waals surface area contributed by atoms with Gasteiger partial charge in [-0.1, -0.05) is 78.9 Å². The maximum absolute atomic E-state index is 5.04. The zero-order valence-electron chi connectivity index (χ0n) is 15.2. The van der Waals surface area contributed by atoms with Gasteiger partial charge in [0.2, 0.25) is 0 Å². The van der Waals surface area contributed by atoms with Crippen LogP contribution in [0, 0.1) is 0 Å². The van der Waals surface area contributed by atoms with Gasteiger partial charge in [0.1, 0.15) is 17.1 Å². The van der Waals surface area contributed by atoms with Crippen molar-refractivity contribution in [1.82, 2.24) is 19.6 Å². The fourth-order valence-corrected chi connectivity index (χ4v) is 3.43. The molecule has 3 aromatic carbocycles. The van der Waals surface area contributed by atoms with Crippen LogP contribution in [0.3, 0.4) is 0 Å². The third kappa shape index (κ3) is 2.81. The van der Waals surface area contributed by atoms with E-state index in [0.717, 1.165) is 33.9 Å². The molecule has 0 aliphatic rings. The van der Waals surface area contributed by atoms with Gasteiger partial charge >= 0.3 is 0 Å². The van der Waals surface area contributed by atoms with Gasteiger partial charge < -0.3 is 0 Å². The lowest BCUT2D eigenvalue weighted by Crippen LogP contribution is -2.01. The van der Waals surface area contributed by atoms with Crippen LogP contribution in [0.15, 0.2) is 109 Å². The van der Waals surface area contributed by atoms with Crippen molar-refractivity contribution in [3.05, 3.63) is 109 Å². The molecule has 2 heterocycles. The molecule has 0 N–H and O–H groups in total. The molecule has 0 unspecified atom stereocenters. The molecule has 2 aromatic heterocycles. The van der Waals surface area contributed by atoms with E-state index >= 15 is 0 Å². The van der Waals surface area contributed by atoms with Crippen molar-refractivity contribution in [3.8, 4) is 33.9 Å². The molecule has 0 amide bonds. The topological polar surface area (TPSA) is 35.6 Å². The molecule has 4 nitrogen and oxygen atoms in total. The average molecular weight is 362 g/mol. The van der Waals surface area contributed by atoms with E-state index < -0.39 is 0 Å². The molecule has 0 spiro atoms. The Hall–Kier alpha value is -3.92. The third-order valence-electron chi connectivity index (χ3n) is 4.69. The van der Waals surface area contributed by atoms with Crippen LogP contribution in [0.4, 0.5) is 0 Å². The van der Waals surface area contributed by atoms with Crippen molar-refractivity contribution in [3.63, 3.8) is 0 Å². The zero-order valence-corrected chi connectivity index (χ0v) is 15.2. The normalized spacial score (nSPS) is 10.9. The zero-order chi connectivity index (χ0) is 18.8. The Bertz CT molecular complexity index is 1180. The summed E-state index contributed by atoms with van der Waals surface area (Å²) in [7, 11) is 0. The predicted molar refractivity (Wildman–Crippen MR) is 112 cm³/mol. The highest BCUT2D eigenvalue weighted by Gasteiger charge is 2.23. The fourth-order valence-electron chi connectivity index (χ4n) is 3.43. The van der Waals surface area contributed by atoms with Crippen LogP contribution in [-0.4, -0.2) is 19.6 Å². The van der Waals surface area contributed by atoms with Gasteiger partial charge in [0, 0.05) is 23.5 Å². The molecule has 0 radical (unpaired) electrons. The van der Waals surface area contributed by atoms with Crippen molar-refractivity contribution in [2.45, 2.75) is 0 Å². The lowest BCUT2D eigenvalue weighted by atomic mass is 10.1. The van der Waals surface area contributed by atoms with Crippen molar-refractivity contribution < 1.29 is 0 Å². The molecule has 0 aliphatic heterocycles. The highest BCUT2D eigenvalue weighted by Crippen LogP contribution is 2.36. The number of hydrogen-bond acceptors (Lipinski definition) is 2. The van der Waals surface area contributed by atoms with Gasteiger partial charge in [-0.25, -0.2) is 9.36 Å². The molecule has 28 heavy (non-hydrogen) atoms. The van der Waals surface area contributed by atoms with E-state index in [4.69, 9.17) is 5.10 Å². The molecule has 5 rings (SSSR count). The van der Waals surface area contributed by atoms with Crippen LogP contribution in [0.5, 0.6) is 0 Å². The van der Waals surface area contributed by atoms with Gasteiger partial charge in [-0.2, -0.15) is 10.2 Å². The number of rotatable bonds is 4. The number of aromatic nitrogens is 4. The Kier molecular flexibility index (Phi) is 4.07. The van der Waals surface area contributed by atoms with Crippen LogP contribution in [-0.2, 0) is 0 Å². The molecule has 0 aliphatic carbocycles. The quantitative estimate of drug-likeness (QED) is 0.429. The second kappa shape index (κ2) is 7.00. The molecule has 0 bridgehead atoms. The van der Waals surface area contributed by atoms with Gasteiger partial charge in [0.25, 0.3) is 0 Å². The van der Waals surface area contributed by atoms with Crippen LogP contribution in [0.25, 0.3) is 33.9 Å². The molecule has 134 valence electrons. The van der Waals surface area contributed by atoms with Gasteiger partial charge in [0.05, 0.1) is 5.69 Å². The first-order valence-electron chi connectivity index (χ1n) is 9.21. The van der Waals surface area contributed by atoms with Crippen molar-refractivity contribution in [1.29, 1.82) is 0 Å². The Morgan fingerprint density at radius 1 is 0.607 bits per heavy atom. The summed E-state index contributed by atoms with van der Waals surface area (Å²) in [4.78, 5) is 0.